The van der Waals surface area contributed by atoms with E-state index >= 15 is 0 Å². The Hall–Kier alpha value is -1.55. The average molecular weight is 195 g/mol. The fourth-order valence-electron chi connectivity index (χ4n) is 1.29. The minimum atomic E-state index is -0.867. The Labute approximate surface area is 82.0 Å². The van der Waals surface area contributed by atoms with Gasteiger partial charge in [0.15, 0.2) is 0 Å². The molecule has 0 bridgehead atoms. The largest absolute Gasteiger partial charge is 0.508 e. The minimum Gasteiger partial charge on any atom is -0.508 e. The van der Waals surface area contributed by atoms with Gasteiger partial charge >= 0.3 is 5.97 Å². The highest BCUT2D eigenvalue weighted by atomic mass is 16.4. The van der Waals surface area contributed by atoms with E-state index in [1.54, 1.807) is 12.1 Å². The van der Waals surface area contributed by atoms with Gasteiger partial charge in [-0.3, -0.25) is 4.79 Å². The van der Waals surface area contributed by atoms with Gasteiger partial charge < -0.3 is 15.9 Å². The topological polar surface area (TPSA) is 83.6 Å². The van der Waals surface area contributed by atoms with E-state index in [-0.39, 0.29) is 24.6 Å². The maximum Gasteiger partial charge on any atom is 0.304 e. The van der Waals surface area contributed by atoms with Gasteiger partial charge in [-0.25, -0.2) is 0 Å². The molecule has 14 heavy (non-hydrogen) atoms. The number of aromatic hydroxyl groups is 1. The van der Waals surface area contributed by atoms with Crippen LogP contribution in [0.15, 0.2) is 24.3 Å². The summed E-state index contributed by atoms with van der Waals surface area (Å²) in [5, 5.41) is 17.7. The van der Waals surface area contributed by atoms with Crippen LogP contribution in [-0.4, -0.2) is 22.7 Å². The smallest absolute Gasteiger partial charge is 0.304 e. The van der Waals surface area contributed by atoms with Crippen LogP contribution in [-0.2, 0) is 4.79 Å². The predicted molar refractivity (Wildman–Crippen MR) is 52.2 cm³/mol. The summed E-state index contributed by atoms with van der Waals surface area (Å²) in [5.74, 6) is -0.888. The molecule has 76 valence electrons. The summed E-state index contributed by atoms with van der Waals surface area (Å²) >= 11 is 0. The summed E-state index contributed by atoms with van der Waals surface area (Å²) < 4.78 is 0. The van der Waals surface area contributed by atoms with Crippen molar-refractivity contribution in [3.8, 4) is 5.75 Å². The molecule has 1 atom stereocenters. The van der Waals surface area contributed by atoms with E-state index < -0.39 is 5.97 Å². The summed E-state index contributed by atoms with van der Waals surface area (Å²) in [7, 11) is 0. The Morgan fingerprint density at radius 3 is 2.36 bits per heavy atom. The quantitative estimate of drug-likeness (QED) is 0.666. The van der Waals surface area contributed by atoms with Gasteiger partial charge in [0.1, 0.15) is 5.75 Å². The van der Waals surface area contributed by atoms with Crippen molar-refractivity contribution in [2.75, 3.05) is 6.54 Å². The molecule has 0 aliphatic rings. The number of carbonyl (C=O) groups is 1. The number of phenolic OH excluding ortho intramolecular Hbond substituents is 1. The molecule has 0 heterocycles. The van der Waals surface area contributed by atoms with E-state index in [4.69, 9.17) is 15.9 Å². The molecule has 0 aliphatic carbocycles. The highest BCUT2D eigenvalue weighted by Crippen LogP contribution is 2.20. The summed E-state index contributed by atoms with van der Waals surface area (Å²) in [6.45, 7) is 0.289. The van der Waals surface area contributed by atoms with Crippen LogP contribution in [0.4, 0.5) is 0 Å². The van der Waals surface area contributed by atoms with Gasteiger partial charge in [0.05, 0.1) is 6.42 Å². The van der Waals surface area contributed by atoms with E-state index in [1.807, 2.05) is 0 Å². The number of carboxylic acid groups (broad SMARTS) is 1. The first kappa shape index (κ1) is 10.5. The third-order valence-corrected chi connectivity index (χ3v) is 2.07. The molecule has 0 spiro atoms. The average Bonchev–Trinajstić information content (AvgIpc) is 2.15. The van der Waals surface area contributed by atoms with Crippen molar-refractivity contribution in [1.29, 1.82) is 0 Å². The molecule has 1 aromatic carbocycles. The molecule has 4 nitrogen and oxygen atoms in total. The van der Waals surface area contributed by atoms with Crippen molar-refractivity contribution in [2.45, 2.75) is 12.3 Å². The zero-order chi connectivity index (χ0) is 10.6. The predicted octanol–water partition coefficient (Wildman–Crippen LogP) is 0.909. The summed E-state index contributed by atoms with van der Waals surface area (Å²) in [4.78, 5) is 10.5. The lowest BCUT2D eigenvalue weighted by Gasteiger charge is -2.12. The number of nitrogens with two attached hydrogens (primary N) is 1. The third kappa shape index (κ3) is 2.74. The van der Waals surface area contributed by atoms with Gasteiger partial charge in [0.2, 0.25) is 0 Å². The number of hydrogen-bond donors (Lipinski definition) is 3. The third-order valence-electron chi connectivity index (χ3n) is 2.07. The Kier molecular flexibility index (Phi) is 3.48. The van der Waals surface area contributed by atoms with Crippen LogP contribution in [0.5, 0.6) is 5.75 Å². The Morgan fingerprint density at radius 1 is 1.36 bits per heavy atom. The molecule has 4 heteroatoms. The van der Waals surface area contributed by atoms with Crippen molar-refractivity contribution in [3.05, 3.63) is 29.8 Å². The molecule has 1 aromatic rings. The first-order chi connectivity index (χ1) is 6.63. The summed E-state index contributed by atoms with van der Waals surface area (Å²) in [6.07, 6.45) is 0.0152. The lowest BCUT2D eigenvalue weighted by Crippen LogP contribution is -2.16. The zero-order valence-electron chi connectivity index (χ0n) is 7.68. The number of phenols is 1. The molecule has 0 radical (unpaired) electrons. The van der Waals surface area contributed by atoms with E-state index in [9.17, 15) is 4.79 Å². The van der Waals surface area contributed by atoms with Crippen molar-refractivity contribution >= 4 is 5.97 Å². The lowest BCUT2D eigenvalue weighted by molar-refractivity contribution is -0.137. The first-order valence-electron chi connectivity index (χ1n) is 4.34. The van der Waals surface area contributed by atoms with Crippen LogP contribution in [0.1, 0.15) is 17.9 Å². The van der Waals surface area contributed by atoms with Crippen LogP contribution in [0.25, 0.3) is 0 Å². The summed E-state index contributed by atoms with van der Waals surface area (Å²) in [6, 6.07) is 6.44. The summed E-state index contributed by atoms with van der Waals surface area (Å²) in [5.41, 5.74) is 6.31. The Balaban J connectivity index is 2.78. The Morgan fingerprint density at radius 2 is 1.93 bits per heavy atom. The van der Waals surface area contributed by atoms with E-state index in [1.165, 1.54) is 12.1 Å². The second-order valence-electron chi connectivity index (χ2n) is 3.12. The van der Waals surface area contributed by atoms with E-state index in [0.717, 1.165) is 5.56 Å². The number of carboxylic acids is 1. The molecule has 0 saturated heterocycles. The van der Waals surface area contributed by atoms with Crippen molar-refractivity contribution in [2.24, 2.45) is 5.73 Å². The molecule has 0 saturated carbocycles. The Bertz CT molecular complexity index is 308. The molecular formula is C10H13NO3. The molecule has 0 fully saturated rings. The van der Waals surface area contributed by atoms with Crippen LogP contribution < -0.4 is 5.73 Å². The molecule has 1 rings (SSSR count). The van der Waals surface area contributed by atoms with Crippen LogP contribution in [0.3, 0.4) is 0 Å². The fourth-order valence-corrected chi connectivity index (χ4v) is 1.29. The number of hydrogen-bond acceptors (Lipinski definition) is 3. The number of benzene rings is 1. The minimum absolute atomic E-state index is 0.0152. The van der Waals surface area contributed by atoms with E-state index in [2.05, 4.69) is 0 Å². The van der Waals surface area contributed by atoms with Gasteiger partial charge in [-0.15, -0.1) is 0 Å². The fraction of sp³-hybridized carbons (Fsp3) is 0.300. The molecule has 4 N–H and O–H groups in total. The second kappa shape index (κ2) is 4.62. The van der Waals surface area contributed by atoms with Gasteiger partial charge in [-0.1, -0.05) is 12.1 Å². The highest BCUT2D eigenvalue weighted by molar-refractivity contribution is 5.68. The van der Waals surface area contributed by atoms with Gasteiger partial charge in [0.25, 0.3) is 0 Å². The number of aliphatic carboxylic acids is 1. The van der Waals surface area contributed by atoms with Gasteiger partial charge in [0, 0.05) is 5.92 Å². The maximum atomic E-state index is 10.5. The van der Waals surface area contributed by atoms with Crippen LogP contribution in [0.2, 0.25) is 0 Å². The number of rotatable bonds is 4. The molecule has 0 aromatic heterocycles. The first-order valence-corrected chi connectivity index (χ1v) is 4.34. The molecule has 0 amide bonds. The van der Waals surface area contributed by atoms with Gasteiger partial charge in [-0.05, 0) is 24.2 Å². The monoisotopic (exact) mass is 195 g/mol. The lowest BCUT2D eigenvalue weighted by atomic mass is 9.96. The SMILES string of the molecule is NC[C@H](CC(=O)O)c1ccc(O)cc1. The standard InChI is InChI=1S/C10H13NO3/c11-6-8(5-10(13)14)7-1-3-9(12)4-2-7/h1-4,8,12H,5-6,11H2,(H,13,14)/t8-/m0/s1. The normalized spacial score (nSPS) is 12.4. The second-order valence-corrected chi connectivity index (χ2v) is 3.12. The van der Waals surface area contributed by atoms with Crippen LogP contribution >= 0.6 is 0 Å². The molecule has 0 aliphatic heterocycles. The van der Waals surface area contributed by atoms with Crippen molar-refractivity contribution < 1.29 is 15.0 Å². The molecular weight excluding hydrogens is 182 g/mol. The van der Waals surface area contributed by atoms with Crippen molar-refractivity contribution in [1.82, 2.24) is 0 Å². The highest BCUT2D eigenvalue weighted by Gasteiger charge is 2.13. The van der Waals surface area contributed by atoms with E-state index in [0.29, 0.717) is 0 Å². The van der Waals surface area contributed by atoms with Gasteiger partial charge in [-0.2, -0.15) is 0 Å². The molecule has 0 unspecified atom stereocenters. The van der Waals surface area contributed by atoms with Crippen molar-refractivity contribution in [3.63, 3.8) is 0 Å². The zero-order valence-corrected chi connectivity index (χ0v) is 7.68. The van der Waals surface area contributed by atoms with Crippen LogP contribution in [0, 0.1) is 0 Å². The maximum absolute atomic E-state index is 10.5.